The molecule has 0 saturated carbocycles. The Bertz CT molecular complexity index is 860. The van der Waals surface area contributed by atoms with Gasteiger partial charge < -0.3 is 15.1 Å². The van der Waals surface area contributed by atoms with Gasteiger partial charge in [-0.1, -0.05) is 23.7 Å². The molecule has 1 N–H and O–H groups in total. The van der Waals surface area contributed by atoms with Gasteiger partial charge in [0, 0.05) is 50.6 Å². The third kappa shape index (κ3) is 5.52. The molecule has 1 aliphatic rings. The van der Waals surface area contributed by atoms with E-state index in [4.69, 9.17) is 11.6 Å². The Morgan fingerprint density at radius 2 is 1.60 bits per heavy atom. The average Bonchev–Trinajstić information content (AvgIpc) is 2.76. The highest BCUT2D eigenvalue weighted by Crippen LogP contribution is 2.19. The zero-order valence-electron chi connectivity index (χ0n) is 17.6. The summed E-state index contributed by atoms with van der Waals surface area (Å²) < 4.78 is 0. The predicted octanol–water partition coefficient (Wildman–Crippen LogP) is 3.58. The van der Waals surface area contributed by atoms with E-state index in [1.165, 1.54) is 0 Å². The van der Waals surface area contributed by atoms with Crippen LogP contribution in [-0.4, -0.2) is 67.4 Å². The largest absolute Gasteiger partial charge is 0.372 e. The minimum atomic E-state index is -0.0574. The maximum Gasteiger partial charge on any atom is 0.255 e. The molecular formula is C23H29ClN4O2. The summed E-state index contributed by atoms with van der Waals surface area (Å²) in [6.45, 7) is 8.94. The van der Waals surface area contributed by atoms with E-state index in [1.54, 1.807) is 17.0 Å². The maximum absolute atomic E-state index is 12.6. The van der Waals surface area contributed by atoms with Crippen LogP contribution in [0.5, 0.6) is 0 Å². The van der Waals surface area contributed by atoms with E-state index in [-0.39, 0.29) is 11.8 Å². The minimum absolute atomic E-state index is 0.0449. The van der Waals surface area contributed by atoms with Crippen molar-refractivity contribution in [2.45, 2.75) is 13.8 Å². The molecule has 7 heteroatoms. The second-order valence-electron chi connectivity index (χ2n) is 7.32. The number of hydrogen-bond donors (Lipinski definition) is 1. The van der Waals surface area contributed by atoms with Crippen molar-refractivity contribution in [3.63, 3.8) is 0 Å². The highest BCUT2D eigenvalue weighted by molar-refractivity contribution is 6.33. The first kappa shape index (κ1) is 22.1. The summed E-state index contributed by atoms with van der Waals surface area (Å²) in [7, 11) is 0. The van der Waals surface area contributed by atoms with E-state index in [2.05, 4.69) is 29.0 Å². The van der Waals surface area contributed by atoms with Gasteiger partial charge in [-0.15, -0.1) is 0 Å². The topological polar surface area (TPSA) is 55.9 Å². The zero-order valence-corrected chi connectivity index (χ0v) is 18.4. The van der Waals surface area contributed by atoms with Gasteiger partial charge in [0.2, 0.25) is 5.91 Å². The first-order valence-corrected chi connectivity index (χ1v) is 10.8. The zero-order chi connectivity index (χ0) is 21.5. The van der Waals surface area contributed by atoms with Gasteiger partial charge in [-0.25, -0.2) is 0 Å². The molecular weight excluding hydrogens is 400 g/mol. The molecule has 0 atom stereocenters. The van der Waals surface area contributed by atoms with Crippen molar-refractivity contribution in [2.24, 2.45) is 0 Å². The second kappa shape index (κ2) is 10.5. The van der Waals surface area contributed by atoms with Crippen LogP contribution in [0.15, 0.2) is 48.5 Å². The van der Waals surface area contributed by atoms with E-state index in [0.29, 0.717) is 43.3 Å². The standard InChI is InChI=1S/C23H29ClN4O2/c1-3-27(4-2)19-11-9-18(10-12-19)25-22(29)17-26-13-15-28(16-14-26)23(30)20-7-5-6-8-21(20)24/h5-12H,3-4,13-17H2,1-2H3,(H,25,29). The van der Waals surface area contributed by atoms with E-state index in [1.807, 2.05) is 36.4 Å². The molecule has 160 valence electrons. The van der Waals surface area contributed by atoms with Crippen LogP contribution in [0.25, 0.3) is 0 Å². The Morgan fingerprint density at radius 3 is 2.20 bits per heavy atom. The van der Waals surface area contributed by atoms with Crippen molar-refractivity contribution in [3.05, 3.63) is 59.1 Å². The SMILES string of the molecule is CCN(CC)c1ccc(NC(=O)CN2CCN(C(=O)c3ccccc3Cl)CC2)cc1. The van der Waals surface area contributed by atoms with Gasteiger partial charge in [-0.2, -0.15) is 0 Å². The lowest BCUT2D eigenvalue weighted by atomic mass is 10.2. The fourth-order valence-electron chi connectivity index (χ4n) is 3.66. The van der Waals surface area contributed by atoms with Crippen LogP contribution in [0.1, 0.15) is 24.2 Å². The molecule has 0 aliphatic carbocycles. The van der Waals surface area contributed by atoms with Gasteiger partial charge in [0.25, 0.3) is 5.91 Å². The molecule has 6 nitrogen and oxygen atoms in total. The molecule has 30 heavy (non-hydrogen) atoms. The molecule has 0 radical (unpaired) electrons. The molecule has 2 amide bonds. The van der Waals surface area contributed by atoms with Gasteiger partial charge in [-0.3, -0.25) is 14.5 Å². The van der Waals surface area contributed by atoms with Crippen molar-refractivity contribution in [2.75, 3.05) is 56.0 Å². The number of nitrogens with zero attached hydrogens (tertiary/aromatic N) is 3. The molecule has 1 aliphatic heterocycles. The number of rotatable bonds is 7. The summed E-state index contributed by atoms with van der Waals surface area (Å²) >= 11 is 6.14. The van der Waals surface area contributed by atoms with Crippen LogP contribution >= 0.6 is 11.6 Å². The molecule has 0 unspecified atom stereocenters. The molecule has 1 saturated heterocycles. The van der Waals surface area contributed by atoms with E-state index in [9.17, 15) is 9.59 Å². The molecule has 0 bridgehead atoms. The van der Waals surface area contributed by atoms with E-state index in [0.717, 1.165) is 24.5 Å². The molecule has 1 fully saturated rings. The number of halogens is 1. The maximum atomic E-state index is 12.6. The van der Waals surface area contributed by atoms with Gasteiger partial charge >= 0.3 is 0 Å². The Hall–Kier alpha value is -2.57. The molecule has 1 heterocycles. The third-order valence-electron chi connectivity index (χ3n) is 5.41. The Balaban J connectivity index is 1.47. The summed E-state index contributed by atoms with van der Waals surface area (Å²) in [5.74, 6) is -0.102. The number of carbonyl (C=O) groups excluding carboxylic acids is 2. The Morgan fingerprint density at radius 1 is 0.967 bits per heavy atom. The van der Waals surface area contributed by atoms with Gasteiger partial charge in [0.1, 0.15) is 0 Å². The summed E-state index contributed by atoms with van der Waals surface area (Å²) in [4.78, 5) is 31.2. The molecule has 0 spiro atoms. The van der Waals surface area contributed by atoms with Crippen molar-refractivity contribution in [1.82, 2.24) is 9.80 Å². The molecule has 2 aromatic carbocycles. The highest BCUT2D eigenvalue weighted by atomic mass is 35.5. The quantitative estimate of drug-likeness (QED) is 0.732. The second-order valence-corrected chi connectivity index (χ2v) is 7.72. The third-order valence-corrected chi connectivity index (χ3v) is 5.74. The fraction of sp³-hybridized carbons (Fsp3) is 0.391. The Kier molecular flexibility index (Phi) is 7.71. The fourth-order valence-corrected chi connectivity index (χ4v) is 3.88. The van der Waals surface area contributed by atoms with Crippen molar-refractivity contribution in [3.8, 4) is 0 Å². The van der Waals surface area contributed by atoms with E-state index >= 15 is 0 Å². The van der Waals surface area contributed by atoms with Crippen molar-refractivity contribution < 1.29 is 9.59 Å². The van der Waals surface area contributed by atoms with Crippen molar-refractivity contribution in [1.29, 1.82) is 0 Å². The number of hydrogen-bond acceptors (Lipinski definition) is 4. The number of nitrogens with one attached hydrogen (secondary N) is 1. The number of carbonyl (C=O) groups is 2. The highest BCUT2D eigenvalue weighted by Gasteiger charge is 2.24. The summed E-state index contributed by atoms with van der Waals surface area (Å²) in [6, 6.07) is 15.0. The number of anilines is 2. The lowest BCUT2D eigenvalue weighted by Crippen LogP contribution is -2.50. The summed E-state index contributed by atoms with van der Waals surface area (Å²) in [6.07, 6.45) is 0. The van der Waals surface area contributed by atoms with Crippen LogP contribution in [0, 0.1) is 0 Å². The number of piperazine rings is 1. The van der Waals surface area contributed by atoms with Gasteiger partial charge in [0.15, 0.2) is 0 Å². The van der Waals surface area contributed by atoms with Crippen molar-refractivity contribution >= 4 is 34.8 Å². The normalized spacial score (nSPS) is 14.4. The monoisotopic (exact) mass is 428 g/mol. The molecule has 2 aromatic rings. The molecule has 3 rings (SSSR count). The van der Waals surface area contributed by atoms with Gasteiger partial charge in [-0.05, 0) is 50.2 Å². The lowest BCUT2D eigenvalue weighted by molar-refractivity contribution is -0.117. The van der Waals surface area contributed by atoms with Gasteiger partial charge in [0.05, 0.1) is 17.1 Å². The molecule has 0 aromatic heterocycles. The summed E-state index contributed by atoms with van der Waals surface area (Å²) in [5.41, 5.74) is 2.47. The van der Waals surface area contributed by atoms with E-state index < -0.39 is 0 Å². The van der Waals surface area contributed by atoms with Crippen LogP contribution in [0.4, 0.5) is 11.4 Å². The average molecular weight is 429 g/mol. The number of benzene rings is 2. The number of amides is 2. The smallest absolute Gasteiger partial charge is 0.255 e. The van der Waals surface area contributed by atoms with Crippen LogP contribution in [0.2, 0.25) is 5.02 Å². The Labute approximate surface area is 183 Å². The first-order valence-electron chi connectivity index (χ1n) is 10.4. The predicted molar refractivity (Wildman–Crippen MR) is 122 cm³/mol. The van der Waals surface area contributed by atoms with Crippen LogP contribution < -0.4 is 10.2 Å². The summed E-state index contributed by atoms with van der Waals surface area (Å²) in [5, 5.41) is 3.43. The minimum Gasteiger partial charge on any atom is -0.372 e. The van der Waals surface area contributed by atoms with Crippen LogP contribution in [0.3, 0.4) is 0 Å². The first-order chi connectivity index (χ1) is 14.5. The van der Waals surface area contributed by atoms with Crippen LogP contribution in [-0.2, 0) is 4.79 Å². The lowest BCUT2D eigenvalue weighted by Gasteiger charge is -2.34.